The van der Waals surface area contributed by atoms with Crippen molar-refractivity contribution in [3.63, 3.8) is 0 Å². The van der Waals surface area contributed by atoms with Gasteiger partial charge in [0.2, 0.25) is 0 Å². The minimum atomic E-state index is 0.0708. The molecule has 2 rings (SSSR count). The first-order valence-electron chi connectivity index (χ1n) is 4.98. The summed E-state index contributed by atoms with van der Waals surface area (Å²) in [7, 11) is 0. The maximum atomic E-state index is 11.7. The fraction of sp³-hybridized carbons (Fsp3) is 0.500. The van der Waals surface area contributed by atoms with Crippen molar-refractivity contribution >= 4 is 29.1 Å². The summed E-state index contributed by atoms with van der Waals surface area (Å²) < 4.78 is 0. The lowest BCUT2D eigenvalue weighted by molar-refractivity contribution is 0.202. The molecule has 0 aliphatic carbocycles. The number of thiophene rings is 1. The lowest BCUT2D eigenvalue weighted by atomic mass is 10.3. The van der Waals surface area contributed by atoms with Crippen LogP contribution in [0.5, 0.6) is 0 Å². The zero-order chi connectivity index (χ0) is 10.5. The number of thioether (sulfide) groups is 1. The number of nitrogens with zero attached hydrogens (tertiary/aromatic N) is 1. The normalized spacial score (nSPS) is 16.4. The van der Waals surface area contributed by atoms with Gasteiger partial charge in [-0.2, -0.15) is 23.1 Å². The molecule has 1 aliphatic heterocycles. The molecule has 0 atom stereocenters. The van der Waals surface area contributed by atoms with Crippen LogP contribution in [0.4, 0.5) is 4.79 Å². The monoisotopic (exact) mass is 242 g/mol. The summed E-state index contributed by atoms with van der Waals surface area (Å²) in [6.45, 7) is 2.40. The highest BCUT2D eigenvalue weighted by atomic mass is 32.2. The topological polar surface area (TPSA) is 32.3 Å². The van der Waals surface area contributed by atoms with Crippen molar-refractivity contribution in [2.24, 2.45) is 0 Å². The molecule has 1 saturated heterocycles. The van der Waals surface area contributed by atoms with E-state index in [0.29, 0.717) is 6.54 Å². The molecule has 0 spiro atoms. The zero-order valence-electron chi connectivity index (χ0n) is 8.44. The second kappa shape index (κ2) is 5.42. The van der Waals surface area contributed by atoms with E-state index in [9.17, 15) is 4.79 Å². The molecule has 15 heavy (non-hydrogen) atoms. The molecular formula is C10H14N2OS2. The van der Waals surface area contributed by atoms with E-state index in [0.717, 1.165) is 24.6 Å². The van der Waals surface area contributed by atoms with Crippen LogP contribution in [0, 0.1) is 0 Å². The van der Waals surface area contributed by atoms with Crippen LogP contribution >= 0.6 is 23.1 Å². The summed E-state index contributed by atoms with van der Waals surface area (Å²) in [6.07, 6.45) is 0. The van der Waals surface area contributed by atoms with Crippen LogP contribution in [-0.4, -0.2) is 35.5 Å². The largest absolute Gasteiger partial charge is 0.334 e. The highest BCUT2D eigenvalue weighted by Crippen LogP contribution is 2.09. The van der Waals surface area contributed by atoms with Crippen molar-refractivity contribution in [2.45, 2.75) is 6.54 Å². The van der Waals surface area contributed by atoms with Crippen molar-refractivity contribution in [3.05, 3.63) is 22.4 Å². The maximum Gasteiger partial charge on any atom is 0.317 e. The van der Waals surface area contributed by atoms with Crippen molar-refractivity contribution in [2.75, 3.05) is 24.6 Å². The van der Waals surface area contributed by atoms with Gasteiger partial charge in [-0.3, -0.25) is 0 Å². The lowest BCUT2D eigenvalue weighted by Gasteiger charge is -2.26. The Bertz CT molecular complexity index is 307. The summed E-state index contributed by atoms with van der Waals surface area (Å²) in [5.74, 6) is 2.12. The number of urea groups is 1. The molecule has 0 bridgehead atoms. The zero-order valence-corrected chi connectivity index (χ0v) is 10.1. The van der Waals surface area contributed by atoms with E-state index >= 15 is 0 Å². The number of carbonyl (C=O) groups excluding carboxylic acids is 1. The predicted octanol–water partition coefficient (Wildman–Crippen LogP) is 2.01. The van der Waals surface area contributed by atoms with E-state index in [2.05, 4.69) is 10.7 Å². The predicted molar refractivity (Wildman–Crippen MR) is 65.5 cm³/mol. The Morgan fingerprint density at radius 3 is 2.93 bits per heavy atom. The molecule has 0 unspecified atom stereocenters. The quantitative estimate of drug-likeness (QED) is 0.860. The molecule has 1 fully saturated rings. The molecule has 1 N–H and O–H groups in total. The van der Waals surface area contributed by atoms with Crippen LogP contribution in [0.3, 0.4) is 0 Å². The van der Waals surface area contributed by atoms with E-state index in [1.807, 2.05) is 28.1 Å². The fourth-order valence-electron chi connectivity index (χ4n) is 1.45. The van der Waals surface area contributed by atoms with Crippen molar-refractivity contribution in [3.8, 4) is 0 Å². The Morgan fingerprint density at radius 1 is 1.47 bits per heavy atom. The number of hydrogen-bond acceptors (Lipinski definition) is 3. The van der Waals surface area contributed by atoms with Gasteiger partial charge >= 0.3 is 6.03 Å². The third-order valence-electron chi connectivity index (χ3n) is 2.32. The second-order valence-electron chi connectivity index (χ2n) is 3.39. The van der Waals surface area contributed by atoms with Crippen LogP contribution in [0.1, 0.15) is 5.56 Å². The van der Waals surface area contributed by atoms with Crippen LogP contribution in [0.2, 0.25) is 0 Å². The Morgan fingerprint density at radius 2 is 2.27 bits per heavy atom. The summed E-state index contributed by atoms with van der Waals surface area (Å²) in [5.41, 5.74) is 1.18. The third-order valence-corrected chi connectivity index (χ3v) is 4.00. The highest BCUT2D eigenvalue weighted by Gasteiger charge is 2.15. The van der Waals surface area contributed by atoms with Crippen LogP contribution in [-0.2, 0) is 6.54 Å². The van der Waals surface area contributed by atoms with Crippen LogP contribution < -0.4 is 5.32 Å². The van der Waals surface area contributed by atoms with E-state index < -0.39 is 0 Å². The minimum Gasteiger partial charge on any atom is -0.334 e. The second-order valence-corrected chi connectivity index (χ2v) is 5.39. The van der Waals surface area contributed by atoms with Crippen LogP contribution in [0.25, 0.3) is 0 Å². The molecule has 0 radical (unpaired) electrons. The van der Waals surface area contributed by atoms with Gasteiger partial charge in [-0.1, -0.05) is 0 Å². The summed E-state index contributed by atoms with van der Waals surface area (Å²) in [5, 5.41) is 7.03. The summed E-state index contributed by atoms with van der Waals surface area (Å²) >= 11 is 3.57. The van der Waals surface area contributed by atoms with E-state index in [4.69, 9.17) is 0 Å². The molecule has 0 aromatic carbocycles. The molecule has 0 saturated carbocycles. The van der Waals surface area contributed by atoms with Gasteiger partial charge < -0.3 is 10.2 Å². The molecule has 1 aromatic heterocycles. The highest BCUT2D eigenvalue weighted by molar-refractivity contribution is 7.99. The SMILES string of the molecule is O=C(NCc1ccsc1)N1CCSCC1. The fourth-order valence-corrected chi connectivity index (χ4v) is 3.02. The number of hydrogen-bond donors (Lipinski definition) is 1. The Hall–Kier alpha value is -0.680. The first kappa shape index (κ1) is 10.8. The number of amides is 2. The number of rotatable bonds is 2. The van der Waals surface area contributed by atoms with Gasteiger partial charge in [0.15, 0.2) is 0 Å². The molecule has 1 aromatic rings. The molecule has 5 heteroatoms. The minimum absolute atomic E-state index is 0.0708. The van der Waals surface area contributed by atoms with Crippen LogP contribution in [0.15, 0.2) is 16.8 Å². The van der Waals surface area contributed by atoms with Gasteiger partial charge in [0, 0.05) is 31.1 Å². The van der Waals surface area contributed by atoms with Crippen molar-refractivity contribution < 1.29 is 4.79 Å². The number of carbonyl (C=O) groups is 1. The standard InChI is InChI=1S/C10H14N2OS2/c13-10(12-2-5-14-6-3-12)11-7-9-1-4-15-8-9/h1,4,8H,2-3,5-7H2,(H,11,13). The van der Waals surface area contributed by atoms with Gasteiger partial charge in [-0.05, 0) is 22.4 Å². The molecule has 3 nitrogen and oxygen atoms in total. The lowest BCUT2D eigenvalue weighted by Crippen LogP contribution is -2.43. The summed E-state index contributed by atoms with van der Waals surface area (Å²) in [6, 6.07) is 2.11. The molecule has 2 heterocycles. The first-order valence-corrected chi connectivity index (χ1v) is 7.07. The Labute approximate surface area is 97.8 Å². The van der Waals surface area contributed by atoms with Crippen molar-refractivity contribution in [1.29, 1.82) is 0 Å². The number of nitrogens with one attached hydrogen (secondary N) is 1. The Kier molecular flexibility index (Phi) is 3.91. The van der Waals surface area contributed by atoms with Gasteiger partial charge in [-0.15, -0.1) is 0 Å². The van der Waals surface area contributed by atoms with E-state index in [1.54, 1.807) is 11.3 Å². The Balaban J connectivity index is 1.76. The first-order chi connectivity index (χ1) is 7.36. The molecule has 82 valence electrons. The maximum absolute atomic E-state index is 11.7. The molecule has 2 amide bonds. The average Bonchev–Trinajstić information content (AvgIpc) is 2.80. The van der Waals surface area contributed by atoms with Gasteiger partial charge in [0.1, 0.15) is 0 Å². The van der Waals surface area contributed by atoms with E-state index in [-0.39, 0.29) is 6.03 Å². The molecular weight excluding hydrogens is 228 g/mol. The smallest absolute Gasteiger partial charge is 0.317 e. The third kappa shape index (κ3) is 3.14. The molecule has 1 aliphatic rings. The summed E-state index contributed by atoms with van der Waals surface area (Å²) in [4.78, 5) is 13.6. The van der Waals surface area contributed by atoms with E-state index in [1.165, 1.54) is 5.56 Å². The van der Waals surface area contributed by atoms with Crippen molar-refractivity contribution in [1.82, 2.24) is 10.2 Å². The average molecular weight is 242 g/mol. The van der Waals surface area contributed by atoms with Gasteiger partial charge in [0.05, 0.1) is 0 Å². The van der Waals surface area contributed by atoms with Gasteiger partial charge in [-0.25, -0.2) is 4.79 Å². The van der Waals surface area contributed by atoms with Gasteiger partial charge in [0.25, 0.3) is 0 Å².